The number of aromatic nitrogens is 1. The Morgan fingerprint density at radius 1 is 1.29 bits per heavy atom. The Bertz CT molecular complexity index is 642. The average Bonchev–Trinajstić information content (AvgIpc) is 2.91. The molecule has 0 unspecified atom stereocenters. The van der Waals surface area contributed by atoms with Crippen molar-refractivity contribution in [1.29, 1.82) is 0 Å². The zero-order valence-corrected chi connectivity index (χ0v) is 12.6. The zero-order chi connectivity index (χ0) is 14.8. The van der Waals surface area contributed by atoms with E-state index in [9.17, 15) is 4.79 Å². The Labute approximate surface area is 124 Å². The first-order valence-corrected chi connectivity index (χ1v) is 7.28. The van der Waals surface area contributed by atoms with Crippen LogP contribution in [0.2, 0.25) is 0 Å². The number of piperazine rings is 1. The highest BCUT2D eigenvalue weighted by atomic mass is 16.5. The minimum absolute atomic E-state index is 0.190. The van der Waals surface area contributed by atoms with Crippen LogP contribution in [-0.4, -0.2) is 61.0 Å². The Morgan fingerprint density at radius 3 is 2.76 bits per heavy atom. The second-order valence-electron chi connectivity index (χ2n) is 5.56. The molecule has 0 saturated carbocycles. The number of benzene rings is 1. The van der Waals surface area contributed by atoms with E-state index in [1.165, 1.54) is 0 Å². The fourth-order valence-electron chi connectivity index (χ4n) is 2.86. The maximum absolute atomic E-state index is 12.5. The van der Waals surface area contributed by atoms with Crippen LogP contribution in [0.3, 0.4) is 0 Å². The van der Waals surface area contributed by atoms with Gasteiger partial charge in [0.1, 0.15) is 5.75 Å². The lowest BCUT2D eigenvalue weighted by Gasteiger charge is -2.32. The fraction of sp³-hybridized carbons (Fsp3) is 0.438. The molecular weight excluding hydrogens is 266 g/mol. The van der Waals surface area contributed by atoms with Gasteiger partial charge in [-0.3, -0.25) is 4.79 Å². The van der Waals surface area contributed by atoms with Gasteiger partial charge < -0.3 is 19.5 Å². The van der Waals surface area contributed by atoms with Gasteiger partial charge in [-0.25, -0.2) is 0 Å². The molecule has 3 rings (SSSR count). The predicted octanol–water partition coefficient (Wildman–Crippen LogP) is 1.49. The number of amides is 1. The Kier molecular flexibility index (Phi) is 3.84. The van der Waals surface area contributed by atoms with Crippen LogP contribution in [0.25, 0.3) is 10.9 Å². The van der Waals surface area contributed by atoms with E-state index in [1.54, 1.807) is 7.11 Å². The van der Waals surface area contributed by atoms with E-state index < -0.39 is 0 Å². The Hall–Kier alpha value is -2.01. The molecule has 0 aliphatic carbocycles. The molecule has 1 N–H and O–H groups in total. The summed E-state index contributed by atoms with van der Waals surface area (Å²) in [7, 11) is 3.75. The van der Waals surface area contributed by atoms with Gasteiger partial charge in [0.25, 0.3) is 0 Å². The monoisotopic (exact) mass is 287 g/mol. The Morgan fingerprint density at radius 2 is 2.05 bits per heavy atom. The van der Waals surface area contributed by atoms with Crippen LogP contribution < -0.4 is 4.74 Å². The van der Waals surface area contributed by atoms with Gasteiger partial charge in [0.2, 0.25) is 5.91 Å². The lowest BCUT2D eigenvalue weighted by atomic mass is 10.1. The van der Waals surface area contributed by atoms with Crippen LogP contribution in [0, 0.1) is 0 Å². The van der Waals surface area contributed by atoms with Crippen LogP contribution in [0.4, 0.5) is 0 Å². The first-order chi connectivity index (χ1) is 10.2. The van der Waals surface area contributed by atoms with Crippen molar-refractivity contribution in [3.05, 3.63) is 30.0 Å². The topological polar surface area (TPSA) is 48.6 Å². The number of ether oxygens (including phenoxy) is 1. The number of methoxy groups -OCH3 is 1. The third-order valence-corrected chi connectivity index (χ3v) is 4.17. The van der Waals surface area contributed by atoms with Gasteiger partial charge in [0, 0.05) is 43.3 Å². The van der Waals surface area contributed by atoms with Crippen molar-refractivity contribution in [1.82, 2.24) is 14.8 Å². The van der Waals surface area contributed by atoms with Crippen molar-refractivity contribution in [2.45, 2.75) is 6.42 Å². The number of nitrogens with zero attached hydrogens (tertiary/aromatic N) is 2. The second-order valence-corrected chi connectivity index (χ2v) is 5.56. The van der Waals surface area contributed by atoms with Crippen LogP contribution in [0.15, 0.2) is 24.4 Å². The van der Waals surface area contributed by atoms with E-state index in [2.05, 4.69) is 16.9 Å². The van der Waals surface area contributed by atoms with E-state index in [-0.39, 0.29) is 5.91 Å². The lowest BCUT2D eigenvalue weighted by Crippen LogP contribution is -2.47. The van der Waals surface area contributed by atoms with Crippen molar-refractivity contribution in [3.8, 4) is 5.75 Å². The highest BCUT2D eigenvalue weighted by Crippen LogP contribution is 2.29. The molecule has 5 heteroatoms. The first kappa shape index (κ1) is 13.9. The third-order valence-electron chi connectivity index (χ3n) is 4.17. The van der Waals surface area contributed by atoms with Crippen molar-refractivity contribution >= 4 is 16.8 Å². The van der Waals surface area contributed by atoms with E-state index in [0.29, 0.717) is 6.42 Å². The van der Waals surface area contributed by atoms with Crippen LogP contribution in [0.5, 0.6) is 5.75 Å². The number of carbonyl (C=O) groups excluding carboxylic acids is 1. The number of hydrogen-bond acceptors (Lipinski definition) is 3. The number of fused-ring (bicyclic) bond motifs is 1. The number of nitrogens with one attached hydrogen (secondary N) is 1. The number of H-pyrrole nitrogens is 1. The van der Waals surface area contributed by atoms with Gasteiger partial charge in [0.05, 0.1) is 13.5 Å². The molecule has 1 fully saturated rings. The summed E-state index contributed by atoms with van der Waals surface area (Å²) in [6.07, 6.45) is 2.34. The highest BCUT2D eigenvalue weighted by Gasteiger charge is 2.20. The molecule has 0 atom stereocenters. The number of likely N-dealkylation sites (N-methyl/N-ethyl adjacent to an activating group) is 1. The molecule has 21 heavy (non-hydrogen) atoms. The van der Waals surface area contributed by atoms with Crippen LogP contribution in [-0.2, 0) is 11.2 Å². The minimum atomic E-state index is 0.190. The summed E-state index contributed by atoms with van der Waals surface area (Å²) < 4.78 is 5.42. The molecule has 1 saturated heterocycles. The summed E-state index contributed by atoms with van der Waals surface area (Å²) in [6.45, 7) is 3.52. The summed E-state index contributed by atoms with van der Waals surface area (Å²) >= 11 is 0. The molecular formula is C16H21N3O2. The van der Waals surface area contributed by atoms with E-state index in [4.69, 9.17) is 4.74 Å². The van der Waals surface area contributed by atoms with Crippen molar-refractivity contribution in [2.75, 3.05) is 40.3 Å². The molecule has 1 aromatic heterocycles. The quantitative estimate of drug-likeness (QED) is 0.930. The number of aromatic amines is 1. The molecule has 1 aliphatic heterocycles. The molecule has 0 radical (unpaired) electrons. The number of hydrogen-bond donors (Lipinski definition) is 1. The predicted molar refractivity (Wildman–Crippen MR) is 82.6 cm³/mol. The van der Waals surface area contributed by atoms with Gasteiger partial charge >= 0.3 is 0 Å². The molecule has 1 aliphatic rings. The summed E-state index contributed by atoms with van der Waals surface area (Å²) in [5.74, 6) is 1.00. The van der Waals surface area contributed by atoms with Crippen molar-refractivity contribution in [2.24, 2.45) is 0 Å². The number of rotatable bonds is 3. The van der Waals surface area contributed by atoms with Crippen molar-refractivity contribution in [3.63, 3.8) is 0 Å². The van der Waals surface area contributed by atoms with Gasteiger partial charge in [-0.2, -0.15) is 0 Å². The first-order valence-electron chi connectivity index (χ1n) is 7.28. The van der Waals surface area contributed by atoms with Crippen LogP contribution >= 0.6 is 0 Å². The molecule has 1 amide bonds. The SMILES string of the molecule is COc1cccc2[nH]cc(CC(=O)N3CCN(C)CC3)c12. The number of carbonyl (C=O) groups is 1. The molecule has 2 heterocycles. The summed E-state index contributed by atoms with van der Waals surface area (Å²) in [4.78, 5) is 19.9. The van der Waals surface area contributed by atoms with Gasteiger partial charge in [-0.05, 0) is 24.7 Å². The molecule has 5 nitrogen and oxygen atoms in total. The van der Waals surface area contributed by atoms with E-state index >= 15 is 0 Å². The minimum Gasteiger partial charge on any atom is -0.496 e. The third kappa shape index (κ3) is 2.74. The summed E-state index contributed by atoms with van der Waals surface area (Å²) in [5, 5.41) is 1.02. The summed E-state index contributed by atoms with van der Waals surface area (Å²) in [6, 6.07) is 5.88. The highest BCUT2D eigenvalue weighted by molar-refractivity contribution is 5.93. The molecule has 0 bridgehead atoms. The summed E-state index contributed by atoms with van der Waals surface area (Å²) in [5.41, 5.74) is 2.02. The van der Waals surface area contributed by atoms with Gasteiger partial charge in [0.15, 0.2) is 0 Å². The Balaban J connectivity index is 1.80. The van der Waals surface area contributed by atoms with Crippen molar-refractivity contribution < 1.29 is 9.53 Å². The second kappa shape index (κ2) is 5.77. The largest absolute Gasteiger partial charge is 0.496 e. The maximum atomic E-state index is 12.5. The molecule has 1 aromatic carbocycles. The fourth-order valence-corrected chi connectivity index (χ4v) is 2.86. The molecule has 112 valence electrons. The lowest BCUT2D eigenvalue weighted by molar-refractivity contribution is -0.132. The maximum Gasteiger partial charge on any atom is 0.227 e. The smallest absolute Gasteiger partial charge is 0.227 e. The molecule has 0 spiro atoms. The van der Waals surface area contributed by atoms with Gasteiger partial charge in [-0.15, -0.1) is 0 Å². The van der Waals surface area contributed by atoms with Crippen LogP contribution in [0.1, 0.15) is 5.56 Å². The normalized spacial score (nSPS) is 16.4. The average molecular weight is 287 g/mol. The molecule has 2 aromatic rings. The zero-order valence-electron chi connectivity index (χ0n) is 12.6. The standard InChI is InChI=1S/C16H21N3O2/c1-18-6-8-19(9-7-18)15(20)10-12-11-17-13-4-3-5-14(21-2)16(12)13/h3-5,11,17H,6-10H2,1-2H3. The van der Waals surface area contributed by atoms with E-state index in [0.717, 1.165) is 48.4 Å². The van der Waals surface area contributed by atoms with Gasteiger partial charge in [-0.1, -0.05) is 6.07 Å². The van der Waals surface area contributed by atoms with E-state index in [1.807, 2.05) is 29.3 Å².